The van der Waals surface area contributed by atoms with Gasteiger partial charge in [0.2, 0.25) is 0 Å². The Morgan fingerprint density at radius 3 is 2.76 bits per heavy atom. The molecule has 0 saturated carbocycles. The molecule has 2 rings (SSSR count). The highest BCUT2D eigenvalue weighted by Gasteiger charge is 2.34. The van der Waals surface area contributed by atoms with Gasteiger partial charge in [0, 0.05) is 24.3 Å². The van der Waals surface area contributed by atoms with E-state index in [1.165, 1.54) is 6.20 Å². The summed E-state index contributed by atoms with van der Waals surface area (Å²) in [5.41, 5.74) is -1.44. The van der Waals surface area contributed by atoms with Crippen LogP contribution in [0.25, 0.3) is 0 Å². The third-order valence-electron chi connectivity index (χ3n) is 2.81. The highest BCUT2D eigenvalue weighted by Crippen LogP contribution is 2.35. The summed E-state index contributed by atoms with van der Waals surface area (Å²) in [5, 5.41) is 18.4. The number of aliphatic hydroxyl groups excluding tert-OH is 2. The molecule has 3 N–H and O–H groups in total. The van der Waals surface area contributed by atoms with E-state index in [1.807, 2.05) is 4.98 Å². The lowest BCUT2D eigenvalue weighted by Crippen LogP contribution is -2.31. The Balaban J connectivity index is 2.47. The lowest BCUT2D eigenvalue weighted by Gasteiger charge is -2.12. The first-order chi connectivity index (χ1) is 8.04. The van der Waals surface area contributed by atoms with E-state index >= 15 is 0 Å². The van der Waals surface area contributed by atoms with Gasteiger partial charge in [0.15, 0.2) is 0 Å². The van der Waals surface area contributed by atoms with Gasteiger partial charge in [0.1, 0.15) is 5.83 Å². The average molecular weight is 242 g/mol. The molecule has 17 heavy (non-hydrogen) atoms. The first-order valence-electron chi connectivity index (χ1n) is 5.03. The zero-order chi connectivity index (χ0) is 12.6. The molecule has 0 aliphatic heterocycles. The molecular weight excluding hydrogens is 231 g/mol. The van der Waals surface area contributed by atoms with Crippen molar-refractivity contribution in [2.45, 2.75) is 18.6 Å². The Bertz CT molecular complexity index is 574. The lowest BCUT2D eigenvalue weighted by molar-refractivity contribution is 0.181. The number of H-pyrrole nitrogens is 1. The molecule has 1 aliphatic carbocycles. The normalized spacial score (nSPS) is 24.4. The molecule has 1 aliphatic rings. The molecule has 0 aromatic carbocycles. The first-order valence-corrected chi connectivity index (χ1v) is 5.03. The Labute approximate surface area is 94.7 Å². The van der Waals surface area contributed by atoms with E-state index in [4.69, 9.17) is 5.11 Å². The fourth-order valence-corrected chi connectivity index (χ4v) is 1.92. The van der Waals surface area contributed by atoms with Crippen LogP contribution in [0.2, 0.25) is 0 Å². The van der Waals surface area contributed by atoms with Gasteiger partial charge in [-0.25, -0.2) is 9.18 Å². The number of allylic oxidation sites excluding steroid dienone is 1. The van der Waals surface area contributed by atoms with Gasteiger partial charge >= 0.3 is 5.69 Å². The quantitative estimate of drug-likeness (QED) is 0.623. The van der Waals surface area contributed by atoms with E-state index in [-0.39, 0.29) is 12.0 Å². The number of aromatic nitrogens is 2. The molecule has 0 fully saturated rings. The molecular formula is C10H11FN2O4. The zero-order valence-electron chi connectivity index (χ0n) is 8.76. The summed E-state index contributed by atoms with van der Waals surface area (Å²) in [6.45, 7) is -0.596. The Kier molecular flexibility index (Phi) is 2.95. The van der Waals surface area contributed by atoms with Crippen LogP contribution in [0.1, 0.15) is 12.5 Å². The fourth-order valence-electron chi connectivity index (χ4n) is 1.92. The summed E-state index contributed by atoms with van der Waals surface area (Å²) in [6.07, 6.45) is 0.0235. The van der Waals surface area contributed by atoms with Crippen molar-refractivity contribution in [1.29, 1.82) is 0 Å². The van der Waals surface area contributed by atoms with Crippen LogP contribution in [-0.4, -0.2) is 32.5 Å². The summed E-state index contributed by atoms with van der Waals surface area (Å²) in [5.74, 6) is -0.728. The smallest absolute Gasteiger partial charge is 0.328 e. The summed E-state index contributed by atoms with van der Waals surface area (Å²) in [4.78, 5) is 24.3. The Morgan fingerprint density at radius 2 is 2.24 bits per heavy atom. The SMILES string of the molecule is O=c1ccn([C@H]2C[C@@H](O)C(CO)=C2F)c(=O)[nH]1. The highest BCUT2D eigenvalue weighted by atomic mass is 19.1. The van der Waals surface area contributed by atoms with Crippen molar-refractivity contribution in [3.8, 4) is 0 Å². The van der Waals surface area contributed by atoms with Crippen molar-refractivity contribution >= 4 is 0 Å². The molecule has 0 bridgehead atoms. The monoisotopic (exact) mass is 242 g/mol. The maximum absolute atomic E-state index is 13.8. The second-order valence-corrected chi connectivity index (χ2v) is 3.82. The van der Waals surface area contributed by atoms with Gasteiger partial charge in [-0.05, 0) is 0 Å². The summed E-state index contributed by atoms with van der Waals surface area (Å²) in [7, 11) is 0. The third-order valence-corrected chi connectivity index (χ3v) is 2.81. The molecule has 6 nitrogen and oxygen atoms in total. The van der Waals surface area contributed by atoms with Crippen molar-refractivity contribution in [1.82, 2.24) is 9.55 Å². The molecule has 1 aromatic heterocycles. The Morgan fingerprint density at radius 1 is 1.53 bits per heavy atom. The van der Waals surface area contributed by atoms with E-state index in [2.05, 4.69) is 0 Å². The van der Waals surface area contributed by atoms with E-state index in [1.54, 1.807) is 0 Å². The first kappa shape index (κ1) is 11.7. The molecule has 0 spiro atoms. The van der Waals surface area contributed by atoms with Crippen molar-refractivity contribution in [3.63, 3.8) is 0 Å². The van der Waals surface area contributed by atoms with Crippen molar-refractivity contribution in [2.24, 2.45) is 0 Å². The molecule has 92 valence electrons. The zero-order valence-corrected chi connectivity index (χ0v) is 8.76. The lowest BCUT2D eigenvalue weighted by atomic mass is 10.2. The number of nitrogens with one attached hydrogen (secondary N) is 1. The molecule has 0 unspecified atom stereocenters. The van der Waals surface area contributed by atoms with Gasteiger partial charge in [-0.2, -0.15) is 0 Å². The minimum absolute atomic E-state index is 0.0341. The van der Waals surface area contributed by atoms with Gasteiger partial charge in [0.25, 0.3) is 5.56 Å². The average Bonchev–Trinajstić information content (AvgIpc) is 2.54. The van der Waals surface area contributed by atoms with Gasteiger partial charge in [0.05, 0.1) is 18.8 Å². The van der Waals surface area contributed by atoms with Crippen molar-refractivity contribution in [3.05, 3.63) is 44.5 Å². The second kappa shape index (κ2) is 4.27. The topological polar surface area (TPSA) is 95.3 Å². The van der Waals surface area contributed by atoms with E-state index < -0.39 is 35.8 Å². The number of nitrogens with zero attached hydrogens (tertiary/aromatic N) is 1. The summed E-state index contributed by atoms with van der Waals surface area (Å²) in [6, 6.07) is 0.120. The van der Waals surface area contributed by atoms with E-state index in [0.717, 1.165) is 10.6 Å². The molecule has 7 heteroatoms. The minimum Gasteiger partial charge on any atom is -0.392 e. The number of hydrogen-bond donors (Lipinski definition) is 3. The second-order valence-electron chi connectivity index (χ2n) is 3.82. The number of aliphatic hydroxyl groups is 2. The number of rotatable bonds is 2. The van der Waals surface area contributed by atoms with Crippen LogP contribution in [0.15, 0.2) is 33.3 Å². The molecule has 0 amide bonds. The van der Waals surface area contributed by atoms with Crippen molar-refractivity contribution in [2.75, 3.05) is 6.61 Å². The molecule has 0 saturated heterocycles. The summed E-state index contributed by atoms with van der Waals surface area (Å²) < 4.78 is 14.8. The molecule has 1 aromatic rings. The largest absolute Gasteiger partial charge is 0.392 e. The van der Waals surface area contributed by atoms with Crippen LogP contribution in [0.3, 0.4) is 0 Å². The van der Waals surface area contributed by atoms with Crippen LogP contribution < -0.4 is 11.2 Å². The number of hydrogen-bond acceptors (Lipinski definition) is 4. The number of halogens is 1. The molecule has 1 heterocycles. The van der Waals surface area contributed by atoms with Crippen LogP contribution in [0.5, 0.6) is 0 Å². The van der Waals surface area contributed by atoms with Crippen molar-refractivity contribution < 1.29 is 14.6 Å². The third kappa shape index (κ3) is 1.94. The van der Waals surface area contributed by atoms with Gasteiger partial charge in [-0.3, -0.25) is 14.3 Å². The molecule has 2 atom stereocenters. The van der Waals surface area contributed by atoms with Crippen LogP contribution in [0, 0.1) is 0 Å². The fraction of sp³-hybridized carbons (Fsp3) is 0.400. The maximum Gasteiger partial charge on any atom is 0.328 e. The van der Waals surface area contributed by atoms with Gasteiger partial charge in [-0.1, -0.05) is 0 Å². The van der Waals surface area contributed by atoms with E-state index in [0.29, 0.717) is 0 Å². The predicted molar refractivity (Wildman–Crippen MR) is 56.2 cm³/mol. The van der Waals surface area contributed by atoms with Gasteiger partial charge in [-0.15, -0.1) is 0 Å². The van der Waals surface area contributed by atoms with Crippen LogP contribution in [-0.2, 0) is 0 Å². The Hall–Kier alpha value is -1.73. The van der Waals surface area contributed by atoms with E-state index in [9.17, 15) is 19.1 Å². The summed E-state index contributed by atoms with van der Waals surface area (Å²) >= 11 is 0. The maximum atomic E-state index is 13.8. The van der Waals surface area contributed by atoms with Crippen LogP contribution in [0.4, 0.5) is 4.39 Å². The minimum atomic E-state index is -1.11. The molecule has 0 radical (unpaired) electrons. The van der Waals surface area contributed by atoms with Gasteiger partial charge < -0.3 is 10.2 Å². The predicted octanol–water partition coefficient (Wildman–Crippen LogP) is -0.942. The van der Waals surface area contributed by atoms with Crippen LogP contribution >= 0.6 is 0 Å². The highest BCUT2D eigenvalue weighted by molar-refractivity contribution is 5.24. The standard InChI is InChI=1S/C10H11FN2O4/c11-9-5(4-14)7(15)3-6(9)13-2-1-8(16)12-10(13)17/h1-2,6-7,14-15H,3-4H2,(H,12,16,17)/t6-,7+/m0/s1. The number of aromatic amines is 1.